The summed E-state index contributed by atoms with van der Waals surface area (Å²) in [5.74, 6) is -1.18. The molecule has 1 aromatic rings. The van der Waals surface area contributed by atoms with Crippen LogP contribution < -0.4 is 10.6 Å². The number of nitrogens with zero attached hydrogens (tertiary/aromatic N) is 2. The van der Waals surface area contributed by atoms with Crippen molar-refractivity contribution in [3.8, 4) is 0 Å². The number of likely N-dealkylation sites (N-methyl/N-ethyl adjacent to an activating group) is 1. The Hall–Kier alpha value is -2.16. The number of hydrogen-bond donors (Lipinski definition) is 3. The van der Waals surface area contributed by atoms with Crippen molar-refractivity contribution < 1.29 is 19.5 Å². The van der Waals surface area contributed by atoms with E-state index >= 15 is 0 Å². The van der Waals surface area contributed by atoms with E-state index in [9.17, 15) is 14.4 Å². The lowest BCUT2D eigenvalue weighted by molar-refractivity contribution is -0.138. The highest BCUT2D eigenvalue weighted by molar-refractivity contribution is 6.01. The summed E-state index contributed by atoms with van der Waals surface area (Å²) in [6, 6.07) is 5.23. The topological polar surface area (TPSA) is 102 Å². The molecule has 0 radical (unpaired) electrons. The number of carbonyl (C=O) groups excluding carboxylic acids is 2. The number of imide groups is 1. The zero-order valence-electron chi connectivity index (χ0n) is 17.2. The van der Waals surface area contributed by atoms with Crippen LogP contribution in [0.15, 0.2) is 18.2 Å². The normalized spacial score (nSPS) is 17.2. The van der Waals surface area contributed by atoms with Crippen LogP contribution in [0.25, 0.3) is 0 Å². The molecule has 1 fully saturated rings. The van der Waals surface area contributed by atoms with E-state index in [1.165, 1.54) is 0 Å². The predicted molar refractivity (Wildman–Crippen MR) is 115 cm³/mol. The first-order valence-electron chi connectivity index (χ1n) is 9.57. The SMILES string of the molecule is Cc1ccc(NC(=O)NC(=O)CN2CCCC(N(C)CC(=O)O)CC2)cc1C.Cl. The van der Waals surface area contributed by atoms with Crippen molar-refractivity contribution in [3.63, 3.8) is 0 Å². The highest BCUT2D eigenvalue weighted by atomic mass is 35.5. The molecular weight excluding hydrogens is 396 g/mol. The summed E-state index contributed by atoms with van der Waals surface area (Å²) < 4.78 is 0. The molecule has 0 aliphatic carbocycles. The van der Waals surface area contributed by atoms with E-state index in [4.69, 9.17) is 5.11 Å². The van der Waals surface area contributed by atoms with E-state index in [0.717, 1.165) is 36.9 Å². The summed E-state index contributed by atoms with van der Waals surface area (Å²) in [4.78, 5) is 39.0. The number of carbonyl (C=O) groups is 3. The summed E-state index contributed by atoms with van der Waals surface area (Å²) in [6.45, 7) is 5.57. The predicted octanol–water partition coefficient (Wildman–Crippen LogP) is 2.24. The van der Waals surface area contributed by atoms with Crippen molar-refractivity contribution in [2.45, 2.75) is 39.2 Å². The molecule has 8 nitrogen and oxygen atoms in total. The number of carboxylic acid groups (broad SMARTS) is 1. The fraction of sp³-hybridized carbons (Fsp3) is 0.550. The summed E-state index contributed by atoms with van der Waals surface area (Å²) in [5.41, 5.74) is 2.85. The van der Waals surface area contributed by atoms with Gasteiger partial charge in [0.1, 0.15) is 0 Å². The molecular formula is C20H31ClN4O4. The quantitative estimate of drug-likeness (QED) is 0.644. The number of nitrogens with one attached hydrogen (secondary N) is 2. The van der Waals surface area contributed by atoms with Gasteiger partial charge in [0.15, 0.2) is 0 Å². The van der Waals surface area contributed by atoms with Crippen molar-refractivity contribution in [2.75, 3.05) is 38.5 Å². The Morgan fingerprint density at radius 2 is 1.90 bits per heavy atom. The van der Waals surface area contributed by atoms with Crippen LogP contribution in [-0.2, 0) is 9.59 Å². The van der Waals surface area contributed by atoms with E-state index in [1.807, 2.05) is 42.8 Å². The van der Waals surface area contributed by atoms with E-state index < -0.39 is 12.0 Å². The van der Waals surface area contributed by atoms with Gasteiger partial charge in [-0.3, -0.25) is 24.7 Å². The fourth-order valence-corrected chi connectivity index (χ4v) is 3.43. The second-order valence-corrected chi connectivity index (χ2v) is 7.47. The maximum absolute atomic E-state index is 12.2. The average molecular weight is 427 g/mol. The molecule has 1 aliphatic heterocycles. The second-order valence-electron chi connectivity index (χ2n) is 7.47. The molecule has 162 valence electrons. The molecule has 3 amide bonds. The van der Waals surface area contributed by atoms with Gasteiger partial charge < -0.3 is 10.4 Å². The number of anilines is 1. The number of benzene rings is 1. The number of carboxylic acids is 1. The minimum Gasteiger partial charge on any atom is -0.480 e. The Bertz CT molecular complexity index is 728. The van der Waals surface area contributed by atoms with Crippen LogP contribution in [-0.4, -0.2) is 72.1 Å². The van der Waals surface area contributed by atoms with Gasteiger partial charge in [0.05, 0.1) is 13.1 Å². The fourth-order valence-electron chi connectivity index (χ4n) is 3.43. The smallest absolute Gasteiger partial charge is 0.325 e. The zero-order chi connectivity index (χ0) is 20.7. The van der Waals surface area contributed by atoms with Gasteiger partial charge in [-0.2, -0.15) is 0 Å². The van der Waals surface area contributed by atoms with Gasteiger partial charge in [0.25, 0.3) is 0 Å². The molecule has 1 saturated heterocycles. The van der Waals surface area contributed by atoms with Gasteiger partial charge in [0.2, 0.25) is 5.91 Å². The number of aryl methyl sites for hydroxylation is 2. The van der Waals surface area contributed by atoms with Gasteiger partial charge in [-0.25, -0.2) is 4.79 Å². The number of aliphatic carboxylic acids is 1. The lowest BCUT2D eigenvalue weighted by atomic mass is 10.1. The molecule has 3 N–H and O–H groups in total. The molecule has 1 aromatic carbocycles. The summed E-state index contributed by atoms with van der Waals surface area (Å²) in [7, 11) is 1.82. The standard InChI is InChI=1S/C20H30N4O4.ClH/c1-14-6-7-16(11-15(14)2)21-20(28)22-18(25)12-24-9-4-5-17(8-10-24)23(3)13-19(26)27;/h6-7,11,17H,4-5,8-10,12-13H2,1-3H3,(H,26,27)(H2,21,22,25,28);1H. The first-order chi connectivity index (χ1) is 13.2. The van der Waals surface area contributed by atoms with Crippen molar-refractivity contribution >= 4 is 36.0 Å². The monoisotopic (exact) mass is 426 g/mol. The number of amides is 3. The number of likely N-dealkylation sites (tertiary alicyclic amines) is 1. The van der Waals surface area contributed by atoms with E-state index in [1.54, 1.807) is 6.07 Å². The largest absolute Gasteiger partial charge is 0.480 e. The van der Waals surface area contributed by atoms with Crippen LogP contribution in [0.2, 0.25) is 0 Å². The van der Waals surface area contributed by atoms with Crippen molar-refractivity contribution in [1.82, 2.24) is 15.1 Å². The Kier molecular flexibility index (Phi) is 10.1. The molecule has 1 aliphatic rings. The molecule has 1 unspecified atom stereocenters. The lowest BCUT2D eigenvalue weighted by Gasteiger charge is -2.25. The minimum atomic E-state index is -0.835. The van der Waals surface area contributed by atoms with Gasteiger partial charge in [-0.05, 0) is 70.0 Å². The van der Waals surface area contributed by atoms with E-state index in [-0.39, 0.29) is 37.4 Å². The second kappa shape index (κ2) is 11.7. The Labute approximate surface area is 178 Å². The third kappa shape index (κ3) is 8.39. The molecule has 0 aromatic heterocycles. The molecule has 0 bridgehead atoms. The first-order valence-corrected chi connectivity index (χ1v) is 9.57. The van der Waals surface area contributed by atoms with Crippen LogP contribution in [0.1, 0.15) is 30.4 Å². The van der Waals surface area contributed by atoms with Gasteiger partial charge in [-0.1, -0.05) is 6.07 Å². The molecule has 1 atom stereocenters. The van der Waals surface area contributed by atoms with E-state index in [2.05, 4.69) is 10.6 Å². The summed E-state index contributed by atoms with van der Waals surface area (Å²) in [5, 5.41) is 14.0. The van der Waals surface area contributed by atoms with Crippen LogP contribution in [0, 0.1) is 13.8 Å². The zero-order valence-corrected chi connectivity index (χ0v) is 18.1. The van der Waals surface area contributed by atoms with Gasteiger partial charge >= 0.3 is 12.0 Å². The Morgan fingerprint density at radius 3 is 2.55 bits per heavy atom. The van der Waals surface area contributed by atoms with Crippen LogP contribution in [0.4, 0.5) is 10.5 Å². The minimum absolute atomic E-state index is 0. The van der Waals surface area contributed by atoms with Gasteiger partial charge in [-0.15, -0.1) is 12.4 Å². The Morgan fingerprint density at radius 1 is 1.17 bits per heavy atom. The molecule has 0 spiro atoms. The molecule has 29 heavy (non-hydrogen) atoms. The van der Waals surface area contributed by atoms with E-state index in [0.29, 0.717) is 12.2 Å². The summed E-state index contributed by atoms with van der Waals surface area (Å²) >= 11 is 0. The number of urea groups is 1. The maximum atomic E-state index is 12.2. The van der Waals surface area contributed by atoms with Crippen LogP contribution in [0.5, 0.6) is 0 Å². The average Bonchev–Trinajstić information content (AvgIpc) is 2.83. The van der Waals surface area contributed by atoms with Crippen molar-refractivity contribution in [1.29, 1.82) is 0 Å². The summed E-state index contributed by atoms with van der Waals surface area (Å²) in [6.07, 6.45) is 2.58. The third-order valence-corrected chi connectivity index (χ3v) is 5.18. The molecule has 0 saturated carbocycles. The molecule has 9 heteroatoms. The lowest BCUT2D eigenvalue weighted by Crippen LogP contribution is -2.42. The first kappa shape index (κ1) is 24.9. The third-order valence-electron chi connectivity index (χ3n) is 5.18. The highest BCUT2D eigenvalue weighted by Crippen LogP contribution is 2.16. The number of rotatable bonds is 6. The van der Waals surface area contributed by atoms with Crippen molar-refractivity contribution in [3.05, 3.63) is 29.3 Å². The Balaban J connectivity index is 0.00000420. The van der Waals surface area contributed by atoms with Crippen molar-refractivity contribution in [2.24, 2.45) is 0 Å². The highest BCUT2D eigenvalue weighted by Gasteiger charge is 2.23. The maximum Gasteiger partial charge on any atom is 0.325 e. The van der Waals surface area contributed by atoms with Gasteiger partial charge in [0, 0.05) is 18.3 Å². The molecule has 1 heterocycles. The molecule has 2 rings (SSSR count). The number of halogens is 1. The van der Waals surface area contributed by atoms with Crippen LogP contribution in [0.3, 0.4) is 0 Å². The number of hydrogen-bond acceptors (Lipinski definition) is 5. The van der Waals surface area contributed by atoms with Crippen LogP contribution >= 0.6 is 12.4 Å².